The molecule has 3 N–H and O–H groups in total. The third kappa shape index (κ3) is 4.17. The standard InChI is InChI=1S/C12H12F3N3O/c1-2-3-4-7-17-11-8(10(16)19)5-6-9(18-11)12(13,14)15/h1,5-6H,3-4,7H2,(H2,16,19)(H,17,18). The van der Waals surface area contributed by atoms with Crippen LogP contribution in [0.4, 0.5) is 19.0 Å². The maximum absolute atomic E-state index is 12.5. The van der Waals surface area contributed by atoms with Gasteiger partial charge in [0, 0.05) is 13.0 Å². The van der Waals surface area contributed by atoms with E-state index in [1.54, 1.807) is 0 Å². The van der Waals surface area contributed by atoms with Gasteiger partial charge in [0.15, 0.2) is 0 Å². The van der Waals surface area contributed by atoms with Gasteiger partial charge in [-0.15, -0.1) is 12.3 Å². The Labute approximate surface area is 108 Å². The highest BCUT2D eigenvalue weighted by Gasteiger charge is 2.33. The summed E-state index contributed by atoms with van der Waals surface area (Å²) in [6.45, 7) is 0.304. The summed E-state index contributed by atoms with van der Waals surface area (Å²) in [7, 11) is 0. The summed E-state index contributed by atoms with van der Waals surface area (Å²) in [6.07, 6.45) is 1.49. The van der Waals surface area contributed by atoms with Crippen LogP contribution in [0.1, 0.15) is 28.9 Å². The van der Waals surface area contributed by atoms with Gasteiger partial charge >= 0.3 is 6.18 Å². The van der Waals surface area contributed by atoms with Crippen LogP contribution in [0, 0.1) is 12.3 Å². The number of anilines is 1. The highest BCUT2D eigenvalue weighted by molar-refractivity contribution is 5.97. The number of primary amides is 1. The molecule has 0 aliphatic carbocycles. The van der Waals surface area contributed by atoms with E-state index in [2.05, 4.69) is 16.2 Å². The minimum atomic E-state index is -4.58. The van der Waals surface area contributed by atoms with Crippen molar-refractivity contribution in [2.45, 2.75) is 19.0 Å². The van der Waals surface area contributed by atoms with Crippen LogP contribution in [0.25, 0.3) is 0 Å². The zero-order chi connectivity index (χ0) is 14.5. The zero-order valence-corrected chi connectivity index (χ0v) is 9.92. The van der Waals surface area contributed by atoms with Gasteiger partial charge in [-0.3, -0.25) is 4.79 Å². The van der Waals surface area contributed by atoms with E-state index >= 15 is 0 Å². The van der Waals surface area contributed by atoms with Gasteiger partial charge in [-0.1, -0.05) is 0 Å². The SMILES string of the molecule is C#CCCCNc1nc(C(F)(F)F)ccc1C(N)=O. The molecule has 0 fully saturated rings. The van der Waals surface area contributed by atoms with Crippen LogP contribution >= 0.6 is 0 Å². The molecule has 0 aliphatic rings. The van der Waals surface area contributed by atoms with Crippen molar-refractivity contribution in [1.82, 2.24) is 4.98 Å². The van der Waals surface area contributed by atoms with E-state index in [-0.39, 0.29) is 11.4 Å². The molecule has 0 unspecified atom stereocenters. The van der Waals surface area contributed by atoms with E-state index in [0.717, 1.165) is 6.07 Å². The first kappa shape index (κ1) is 14.8. The van der Waals surface area contributed by atoms with Crippen LogP contribution in [0.5, 0.6) is 0 Å². The Bertz CT molecular complexity index is 506. The second-order valence-corrected chi connectivity index (χ2v) is 3.69. The number of nitrogens with one attached hydrogen (secondary N) is 1. The number of carbonyl (C=O) groups is 1. The summed E-state index contributed by atoms with van der Waals surface area (Å²) in [5.41, 5.74) is 3.90. The summed E-state index contributed by atoms with van der Waals surface area (Å²) in [5, 5.41) is 2.63. The lowest BCUT2D eigenvalue weighted by Crippen LogP contribution is -2.18. The summed E-state index contributed by atoms with van der Waals surface area (Å²) >= 11 is 0. The number of nitrogens with zero attached hydrogens (tertiary/aromatic N) is 1. The summed E-state index contributed by atoms with van der Waals surface area (Å²) in [6, 6.07) is 1.72. The van der Waals surface area contributed by atoms with Crippen molar-refractivity contribution in [3.8, 4) is 12.3 Å². The molecule has 1 heterocycles. The van der Waals surface area contributed by atoms with E-state index in [0.29, 0.717) is 25.5 Å². The molecule has 1 aromatic rings. The first-order chi connectivity index (χ1) is 8.86. The van der Waals surface area contributed by atoms with Gasteiger partial charge < -0.3 is 11.1 Å². The first-order valence-electron chi connectivity index (χ1n) is 5.41. The number of amides is 1. The summed E-state index contributed by atoms with van der Waals surface area (Å²) in [4.78, 5) is 14.5. The maximum Gasteiger partial charge on any atom is 0.433 e. The number of halogens is 3. The number of hydrogen-bond donors (Lipinski definition) is 2. The first-order valence-corrected chi connectivity index (χ1v) is 5.41. The Kier molecular flexibility index (Phi) is 4.75. The maximum atomic E-state index is 12.5. The van der Waals surface area contributed by atoms with Crippen molar-refractivity contribution in [1.29, 1.82) is 0 Å². The lowest BCUT2D eigenvalue weighted by molar-refractivity contribution is -0.141. The van der Waals surface area contributed by atoms with Crippen molar-refractivity contribution in [2.24, 2.45) is 5.73 Å². The smallest absolute Gasteiger partial charge is 0.369 e. The number of hydrogen-bond acceptors (Lipinski definition) is 3. The Morgan fingerprint density at radius 1 is 1.47 bits per heavy atom. The predicted molar refractivity (Wildman–Crippen MR) is 64.3 cm³/mol. The second-order valence-electron chi connectivity index (χ2n) is 3.69. The van der Waals surface area contributed by atoms with Crippen molar-refractivity contribution in [2.75, 3.05) is 11.9 Å². The van der Waals surface area contributed by atoms with E-state index < -0.39 is 17.8 Å². The van der Waals surface area contributed by atoms with Crippen LogP contribution in [0.3, 0.4) is 0 Å². The third-order valence-corrected chi connectivity index (χ3v) is 2.24. The Morgan fingerprint density at radius 2 is 2.16 bits per heavy atom. The molecule has 1 rings (SSSR count). The largest absolute Gasteiger partial charge is 0.433 e. The van der Waals surface area contributed by atoms with Gasteiger partial charge in [0.1, 0.15) is 11.5 Å². The van der Waals surface area contributed by atoms with Gasteiger partial charge in [-0.25, -0.2) is 4.98 Å². The molecule has 0 saturated heterocycles. The minimum Gasteiger partial charge on any atom is -0.369 e. The monoisotopic (exact) mass is 271 g/mol. The molecule has 19 heavy (non-hydrogen) atoms. The Morgan fingerprint density at radius 3 is 2.68 bits per heavy atom. The molecule has 0 atom stereocenters. The zero-order valence-electron chi connectivity index (χ0n) is 9.92. The lowest BCUT2D eigenvalue weighted by Gasteiger charge is -2.12. The molecule has 1 aromatic heterocycles. The molecular formula is C12H12F3N3O. The predicted octanol–water partition coefficient (Wildman–Crippen LogP) is 2.02. The van der Waals surface area contributed by atoms with E-state index in [1.165, 1.54) is 0 Å². The average molecular weight is 271 g/mol. The fourth-order valence-electron chi connectivity index (χ4n) is 1.35. The van der Waals surface area contributed by atoms with E-state index in [4.69, 9.17) is 12.2 Å². The van der Waals surface area contributed by atoms with Crippen molar-refractivity contribution >= 4 is 11.7 Å². The Hall–Kier alpha value is -2.23. The van der Waals surface area contributed by atoms with Crippen molar-refractivity contribution in [3.63, 3.8) is 0 Å². The number of alkyl halides is 3. The summed E-state index contributed by atoms with van der Waals surface area (Å²) < 4.78 is 37.5. The molecule has 4 nitrogen and oxygen atoms in total. The molecule has 0 spiro atoms. The highest BCUT2D eigenvalue weighted by atomic mass is 19.4. The number of aromatic nitrogens is 1. The topological polar surface area (TPSA) is 68.0 Å². The van der Waals surface area contributed by atoms with Crippen LogP contribution in [0.2, 0.25) is 0 Å². The van der Waals surface area contributed by atoms with Crippen LogP contribution in [-0.4, -0.2) is 17.4 Å². The average Bonchev–Trinajstić information content (AvgIpc) is 2.33. The minimum absolute atomic E-state index is 0.0892. The van der Waals surface area contributed by atoms with Gasteiger partial charge in [0.2, 0.25) is 0 Å². The summed E-state index contributed by atoms with van der Waals surface area (Å²) in [5.74, 6) is 1.37. The van der Waals surface area contributed by atoms with Crippen molar-refractivity contribution in [3.05, 3.63) is 23.4 Å². The molecule has 0 aliphatic heterocycles. The highest BCUT2D eigenvalue weighted by Crippen LogP contribution is 2.29. The molecule has 0 aromatic carbocycles. The fourth-order valence-corrected chi connectivity index (χ4v) is 1.35. The Balaban J connectivity index is 2.96. The number of carbonyl (C=O) groups excluding carboxylic acids is 1. The number of nitrogens with two attached hydrogens (primary N) is 1. The van der Waals surface area contributed by atoms with Gasteiger partial charge in [0.25, 0.3) is 5.91 Å². The molecular weight excluding hydrogens is 259 g/mol. The number of rotatable bonds is 5. The number of unbranched alkanes of at least 4 members (excludes halogenated alkanes) is 1. The number of terminal acetylenes is 1. The van der Waals surface area contributed by atoms with Crippen molar-refractivity contribution < 1.29 is 18.0 Å². The molecule has 0 saturated carbocycles. The quantitative estimate of drug-likeness (QED) is 0.636. The molecule has 7 heteroatoms. The van der Waals surface area contributed by atoms with Gasteiger partial charge in [-0.2, -0.15) is 13.2 Å². The van der Waals surface area contributed by atoms with Gasteiger partial charge in [0.05, 0.1) is 5.56 Å². The molecule has 0 radical (unpaired) electrons. The molecule has 1 amide bonds. The number of pyridine rings is 1. The normalized spacial score (nSPS) is 10.8. The van der Waals surface area contributed by atoms with Gasteiger partial charge in [-0.05, 0) is 18.6 Å². The van der Waals surface area contributed by atoms with E-state index in [9.17, 15) is 18.0 Å². The third-order valence-electron chi connectivity index (χ3n) is 2.24. The van der Waals surface area contributed by atoms with Crippen LogP contribution in [-0.2, 0) is 6.18 Å². The van der Waals surface area contributed by atoms with Crippen LogP contribution < -0.4 is 11.1 Å². The van der Waals surface area contributed by atoms with E-state index in [1.807, 2.05) is 0 Å². The fraction of sp³-hybridized carbons (Fsp3) is 0.333. The van der Waals surface area contributed by atoms with Crippen LogP contribution in [0.15, 0.2) is 12.1 Å². The molecule has 102 valence electrons. The molecule has 0 bridgehead atoms. The lowest BCUT2D eigenvalue weighted by atomic mass is 10.2. The second kappa shape index (κ2) is 6.09.